The zero-order chi connectivity index (χ0) is 13.1. The number of rotatable bonds is 5. The first kappa shape index (κ1) is 13.7. The van der Waals surface area contributed by atoms with Crippen LogP contribution in [-0.2, 0) is 13.6 Å². The van der Waals surface area contributed by atoms with E-state index in [1.807, 2.05) is 24.1 Å². The maximum Gasteiger partial charge on any atom is 0.0576 e. The minimum absolute atomic E-state index is 0.236. The summed E-state index contributed by atoms with van der Waals surface area (Å²) >= 11 is 5.31. The van der Waals surface area contributed by atoms with Gasteiger partial charge in [-0.15, -0.1) is 11.3 Å². The highest BCUT2D eigenvalue weighted by atomic mass is 79.9. The molecule has 0 amide bonds. The van der Waals surface area contributed by atoms with Gasteiger partial charge in [-0.3, -0.25) is 9.58 Å². The number of nitrogens with zero attached hydrogens (tertiary/aromatic N) is 3. The van der Waals surface area contributed by atoms with Crippen molar-refractivity contribution in [3.8, 4) is 0 Å². The van der Waals surface area contributed by atoms with Gasteiger partial charge in [-0.2, -0.15) is 5.10 Å². The Kier molecular flexibility index (Phi) is 4.55. The van der Waals surface area contributed by atoms with E-state index < -0.39 is 0 Å². The van der Waals surface area contributed by atoms with E-state index in [0.29, 0.717) is 6.54 Å². The van der Waals surface area contributed by atoms with Crippen LogP contribution < -0.4 is 5.73 Å². The first-order valence-electron chi connectivity index (χ1n) is 5.72. The molecule has 0 fully saturated rings. The Labute approximate surface area is 120 Å². The molecule has 1 atom stereocenters. The molecule has 0 radical (unpaired) electrons. The Hall–Kier alpha value is -0.690. The van der Waals surface area contributed by atoms with E-state index in [9.17, 15) is 0 Å². The van der Waals surface area contributed by atoms with Crippen molar-refractivity contribution < 1.29 is 0 Å². The average molecular weight is 329 g/mol. The second-order valence-corrected chi connectivity index (χ2v) is 6.12. The van der Waals surface area contributed by atoms with Crippen molar-refractivity contribution in [1.29, 1.82) is 0 Å². The predicted molar refractivity (Wildman–Crippen MR) is 78.5 cm³/mol. The van der Waals surface area contributed by atoms with Crippen molar-refractivity contribution in [2.75, 3.05) is 13.6 Å². The second-order valence-electron chi connectivity index (χ2n) is 4.32. The van der Waals surface area contributed by atoms with Crippen LogP contribution in [0.5, 0.6) is 0 Å². The van der Waals surface area contributed by atoms with E-state index in [2.05, 4.69) is 44.4 Å². The van der Waals surface area contributed by atoms with Crippen LogP contribution in [0.15, 0.2) is 28.3 Å². The minimum Gasteiger partial charge on any atom is -0.329 e. The summed E-state index contributed by atoms with van der Waals surface area (Å²) < 4.78 is 2.96. The summed E-state index contributed by atoms with van der Waals surface area (Å²) in [5.74, 6) is 0. The van der Waals surface area contributed by atoms with E-state index in [1.54, 1.807) is 11.3 Å². The van der Waals surface area contributed by atoms with Crippen LogP contribution in [0.3, 0.4) is 0 Å². The molecule has 1 unspecified atom stereocenters. The summed E-state index contributed by atoms with van der Waals surface area (Å²) in [6.07, 6.45) is 3.93. The summed E-state index contributed by atoms with van der Waals surface area (Å²) in [6.45, 7) is 1.45. The summed E-state index contributed by atoms with van der Waals surface area (Å²) in [5, 5.41) is 6.27. The van der Waals surface area contributed by atoms with Crippen LogP contribution in [0.4, 0.5) is 0 Å². The number of thiophene rings is 1. The fourth-order valence-corrected chi connectivity index (χ4v) is 3.80. The van der Waals surface area contributed by atoms with Crippen LogP contribution in [0.2, 0.25) is 0 Å². The summed E-state index contributed by atoms with van der Waals surface area (Å²) in [5.41, 5.74) is 7.12. The third-order valence-electron chi connectivity index (χ3n) is 2.89. The fraction of sp³-hybridized carbons (Fsp3) is 0.417. The molecule has 0 aliphatic heterocycles. The number of nitrogens with two attached hydrogens (primary N) is 1. The van der Waals surface area contributed by atoms with Gasteiger partial charge in [0.1, 0.15) is 0 Å². The molecule has 0 saturated carbocycles. The number of aryl methyl sites for hydroxylation is 1. The normalized spacial score (nSPS) is 13.2. The Bertz CT molecular complexity index is 508. The lowest BCUT2D eigenvalue weighted by molar-refractivity contribution is 0.244. The van der Waals surface area contributed by atoms with Crippen molar-refractivity contribution in [1.82, 2.24) is 14.7 Å². The molecule has 2 rings (SSSR count). The smallest absolute Gasteiger partial charge is 0.0576 e. The molecule has 2 aromatic heterocycles. The molecule has 2 N–H and O–H groups in total. The number of hydrogen-bond acceptors (Lipinski definition) is 4. The average Bonchev–Trinajstić information content (AvgIpc) is 2.90. The first-order valence-corrected chi connectivity index (χ1v) is 7.39. The lowest BCUT2D eigenvalue weighted by atomic mass is 10.2. The van der Waals surface area contributed by atoms with Gasteiger partial charge in [-0.25, -0.2) is 0 Å². The van der Waals surface area contributed by atoms with E-state index in [0.717, 1.165) is 11.0 Å². The van der Waals surface area contributed by atoms with E-state index in [-0.39, 0.29) is 6.04 Å². The molecule has 0 spiro atoms. The number of likely N-dealkylation sites (N-methyl/N-ethyl adjacent to an activating group) is 1. The Morgan fingerprint density at radius 2 is 2.39 bits per heavy atom. The lowest BCUT2D eigenvalue weighted by Gasteiger charge is -2.26. The van der Waals surface area contributed by atoms with Crippen molar-refractivity contribution >= 4 is 27.3 Å². The van der Waals surface area contributed by atoms with Gasteiger partial charge in [0.15, 0.2) is 0 Å². The molecule has 0 aliphatic rings. The lowest BCUT2D eigenvalue weighted by Crippen LogP contribution is -2.29. The highest BCUT2D eigenvalue weighted by molar-refractivity contribution is 9.10. The topological polar surface area (TPSA) is 47.1 Å². The van der Waals surface area contributed by atoms with Crippen LogP contribution in [0.25, 0.3) is 0 Å². The quantitative estimate of drug-likeness (QED) is 0.916. The van der Waals surface area contributed by atoms with Crippen LogP contribution in [0, 0.1) is 0 Å². The molecular formula is C12H17BrN4S. The van der Waals surface area contributed by atoms with Gasteiger partial charge in [-0.05, 0) is 34.4 Å². The second kappa shape index (κ2) is 5.97. The Morgan fingerprint density at radius 3 is 2.89 bits per heavy atom. The standard InChI is InChI=1S/C12H17BrN4S/c1-16(7-9-6-15-17(2)8-9)11(5-14)12-10(13)3-4-18-12/h3-4,6,8,11H,5,7,14H2,1-2H3. The van der Waals surface area contributed by atoms with Gasteiger partial charge in [0.2, 0.25) is 0 Å². The predicted octanol–water partition coefficient (Wildman–Crippen LogP) is 2.38. The van der Waals surface area contributed by atoms with E-state index in [1.165, 1.54) is 10.4 Å². The molecule has 98 valence electrons. The number of hydrogen-bond donors (Lipinski definition) is 1. The minimum atomic E-state index is 0.236. The van der Waals surface area contributed by atoms with Gasteiger partial charge in [0, 0.05) is 41.2 Å². The molecule has 0 saturated heterocycles. The molecule has 2 heterocycles. The number of aromatic nitrogens is 2. The third kappa shape index (κ3) is 3.00. The zero-order valence-corrected chi connectivity index (χ0v) is 12.9. The highest BCUT2D eigenvalue weighted by Gasteiger charge is 2.19. The summed E-state index contributed by atoms with van der Waals surface area (Å²) in [6, 6.07) is 2.31. The Morgan fingerprint density at radius 1 is 1.61 bits per heavy atom. The summed E-state index contributed by atoms with van der Waals surface area (Å²) in [4.78, 5) is 3.54. The summed E-state index contributed by atoms with van der Waals surface area (Å²) in [7, 11) is 4.02. The van der Waals surface area contributed by atoms with E-state index >= 15 is 0 Å². The van der Waals surface area contributed by atoms with Gasteiger partial charge < -0.3 is 5.73 Å². The third-order valence-corrected chi connectivity index (χ3v) is 4.87. The van der Waals surface area contributed by atoms with Crippen molar-refractivity contribution in [2.24, 2.45) is 12.8 Å². The fourth-order valence-electron chi connectivity index (χ4n) is 1.98. The molecule has 0 aromatic carbocycles. The van der Waals surface area contributed by atoms with Crippen molar-refractivity contribution in [2.45, 2.75) is 12.6 Å². The number of halogens is 1. The molecule has 4 nitrogen and oxygen atoms in total. The van der Waals surface area contributed by atoms with Crippen molar-refractivity contribution in [3.63, 3.8) is 0 Å². The molecular weight excluding hydrogens is 312 g/mol. The van der Waals surface area contributed by atoms with Gasteiger partial charge in [-0.1, -0.05) is 0 Å². The van der Waals surface area contributed by atoms with Gasteiger partial charge in [0.25, 0.3) is 0 Å². The molecule has 18 heavy (non-hydrogen) atoms. The molecule has 6 heteroatoms. The first-order chi connectivity index (χ1) is 8.61. The SMILES string of the molecule is CN(Cc1cnn(C)c1)C(CN)c1sccc1Br. The van der Waals surface area contributed by atoms with Gasteiger partial charge >= 0.3 is 0 Å². The van der Waals surface area contributed by atoms with E-state index in [4.69, 9.17) is 5.73 Å². The Balaban J connectivity index is 2.11. The molecule has 0 bridgehead atoms. The van der Waals surface area contributed by atoms with Crippen LogP contribution in [-0.4, -0.2) is 28.3 Å². The highest BCUT2D eigenvalue weighted by Crippen LogP contribution is 2.32. The maximum atomic E-state index is 5.92. The molecule has 2 aromatic rings. The van der Waals surface area contributed by atoms with Crippen molar-refractivity contribution in [3.05, 3.63) is 38.8 Å². The zero-order valence-electron chi connectivity index (χ0n) is 10.5. The largest absolute Gasteiger partial charge is 0.329 e. The monoisotopic (exact) mass is 328 g/mol. The maximum absolute atomic E-state index is 5.92. The molecule has 0 aliphatic carbocycles. The van der Waals surface area contributed by atoms with Crippen LogP contribution in [0.1, 0.15) is 16.5 Å². The van der Waals surface area contributed by atoms with Crippen LogP contribution >= 0.6 is 27.3 Å². The van der Waals surface area contributed by atoms with Gasteiger partial charge in [0.05, 0.1) is 12.2 Å².